The molecule has 0 aromatic carbocycles. The predicted molar refractivity (Wildman–Crippen MR) is 63.2 cm³/mol. The molecule has 1 aliphatic rings. The van der Waals surface area contributed by atoms with Gasteiger partial charge in [0.2, 0.25) is 0 Å². The number of nitrogens with zero attached hydrogens (tertiary/aromatic N) is 1. The monoisotopic (exact) mass is 260 g/mol. The fourth-order valence-electron chi connectivity index (χ4n) is 1.80. The maximum Gasteiger partial charge on any atom is 0.328 e. The number of carbonyl (C=O) groups is 2. The molecule has 0 aromatic heterocycles. The Labute approximate surface area is 106 Å². The molecular weight excluding hydrogens is 240 g/mol. The normalized spacial score (nSPS) is 22.1. The second-order valence-electron chi connectivity index (χ2n) is 5.04. The number of ether oxygens (including phenoxy) is 1. The minimum Gasteiger partial charge on any atom is -0.480 e. The second kappa shape index (κ2) is 5.53. The van der Waals surface area contributed by atoms with E-state index < -0.39 is 29.7 Å². The van der Waals surface area contributed by atoms with Crippen LogP contribution in [0.25, 0.3) is 0 Å². The van der Waals surface area contributed by atoms with Crippen molar-refractivity contribution in [2.75, 3.05) is 19.7 Å². The molecule has 18 heavy (non-hydrogen) atoms. The van der Waals surface area contributed by atoms with E-state index in [0.29, 0.717) is 19.7 Å². The molecule has 1 aliphatic heterocycles. The van der Waals surface area contributed by atoms with Crippen molar-refractivity contribution in [3.63, 3.8) is 0 Å². The largest absolute Gasteiger partial charge is 0.480 e. The Balaban J connectivity index is 2.61. The highest BCUT2D eigenvalue weighted by Gasteiger charge is 2.32. The fourth-order valence-corrected chi connectivity index (χ4v) is 1.80. The van der Waals surface area contributed by atoms with Gasteiger partial charge in [-0.25, -0.2) is 9.59 Å². The molecule has 3 N–H and O–H groups in total. The van der Waals surface area contributed by atoms with Crippen LogP contribution in [0.15, 0.2) is 0 Å². The van der Waals surface area contributed by atoms with E-state index in [0.717, 1.165) is 0 Å². The van der Waals surface area contributed by atoms with Crippen LogP contribution >= 0.6 is 0 Å². The summed E-state index contributed by atoms with van der Waals surface area (Å²) < 4.78 is 5.46. The van der Waals surface area contributed by atoms with Crippen molar-refractivity contribution in [3.05, 3.63) is 0 Å². The molecule has 2 atom stereocenters. The first-order valence-electron chi connectivity index (χ1n) is 5.83. The molecule has 1 saturated heterocycles. The van der Waals surface area contributed by atoms with E-state index in [1.54, 1.807) is 0 Å². The fraction of sp³-hybridized carbons (Fsp3) is 0.818. The van der Waals surface area contributed by atoms with E-state index in [2.05, 4.69) is 5.32 Å². The van der Waals surface area contributed by atoms with Gasteiger partial charge >= 0.3 is 12.0 Å². The van der Waals surface area contributed by atoms with Gasteiger partial charge in [0, 0.05) is 6.54 Å². The Hall–Kier alpha value is -1.34. The quantitative estimate of drug-likeness (QED) is 0.643. The third-order valence-corrected chi connectivity index (χ3v) is 2.74. The summed E-state index contributed by atoms with van der Waals surface area (Å²) in [5.41, 5.74) is -0.445. The number of amides is 2. The summed E-state index contributed by atoms with van der Waals surface area (Å²) in [6.07, 6.45) is -1.15. The SMILES string of the molecule is C[C@@H](O)[C@H](NC(=O)N1CCOC(C)(C)C1)C(=O)O. The number of morpholine rings is 1. The van der Waals surface area contributed by atoms with Crippen LogP contribution in [0.4, 0.5) is 4.79 Å². The van der Waals surface area contributed by atoms with Crippen LogP contribution in [-0.2, 0) is 9.53 Å². The average molecular weight is 260 g/mol. The zero-order chi connectivity index (χ0) is 13.9. The van der Waals surface area contributed by atoms with Crippen LogP contribution in [0.3, 0.4) is 0 Å². The highest BCUT2D eigenvalue weighted by atomic mass is 16.5. The van der Waals surface area contributed by atoms with Crippen LogP contribution in [-0.4, -0.2) is 64.6 Å². The number of aliphatic carboxylic acids is 1. The number of carboxylic acids is 1. The standard InChI is InChI=1S/C11H20N2O5/c1-7(14)8(9(15)16)12-10(17)13-4-5-18-11(2,3)6-13/h7-8,14H,4-6H2,1-3H3,(H,12,17)(H,15,16)/t7-,8+/m1/s1. The highest BCUT2D eigenvalue weighted by molar-refractivity contribution is 5.83. The molecule has 0 unspecified atom stereocenters. The molecule has 0 radical (unpaired) electrons. The van der Waals surface area contributed by atoms with Gasteiger partial charge in [-0.1, -0.05) is 0 Å². The summed E-state index contributed by atoms with van der Waals surface area (Å²) in [6, 6.07) is -1.80. The van der Waals surface area contributed by atoms with Crippen LogP contribution in [0.5, 0.6) is 0 Å². The molecule has 0 spiro atoms. The highest BCUT2D eigenvalue weighted by Crippen LogP contribution is 2.16. The second-order valence-corrected chi connectivity index (χ2v) is 5.04. The summed E-state index contributed by atoms with van der Waals surface area (Å²) >= 11 is 0. The maximum atomic E-state index is 11.9. The van der Waals surface area contributed by atoms with Gasteiger partial charge in [0.25, 0.3) is 0 Å². The molecule has 104 valence electrons. The van der Waals surface area contributed by atoms with E-state index >= 15 is 0 Å². The molecule has 7 heteroatoms. The van der Waals surface area contributed by atoms with Crippen LogP contribution < -0.4 is 5.32 Å². The Kier molecular flexibility index (Phi) is 4.53. The Bertz CT molecular complexity index is 329. The number of nitrogens with one attached hydrogen (secondary N) is 1. The third-order valence-electron chi connectivity index (χ3n) is 2.74. The zero-order valence-electron chi connectivity index (χ0n) is 10.8. The molecule has 1 fully saturated rings. The number of carbonyl (C=O) groups excluding carboxylic acids is 1. The lowest BCUT2D eigenvalue weighted by Crippen LogP contribution is -2.57. The number of rotatable bonds is 3. The number of hydrogen-bond acceptors (Lipinski definition) is 4. The number of carboxylic acid groups (broad SMARTS) is 1. The third kappa shape index (κ3) is 3.85. The summed E-state index contributed by atoms with van der Waals surface area (Å²) in [6.45, 7) is 6.23. The maximum absolute atomic E-state index is 11.9. The van der Waals surface area contributed by atoms with Gasteiger partial charge in [-0.2, -0.15) is 0 Å². The van der Waals surface area contributed by atoms with Gasteiger partial charge in [0.15, 0.2) is 6.04 Å². The molecule has 1 rings (SSSR count). The molecule has 2 amide bonds. The van der Waals surface area contributed by atoms with E-state index in [1.807, 2.05) is 13.8 Å². The van der Waals surface area contributed by atoms with E-state index in [4.69, 9.17) is 9.84 Å². The lowest BCUT2D eigenvalue weighted by atomic mass is 10.1. The van der Waals surface area contributed by atoms with E-state index in [-0.39, 0.29) is 0 Å². The van der Waals surface area contributed by atoms with Crippen molar-refractivity contribution in [1.82, 2.24) is 10.2 Å². The first kappa shape index (κ1) is 14.7. The van der Waals surface area contributed by atoms with Crippen molar-refractivity contribution >= 4 is 12.0 Å². The number of hydrogen-bond donors (Lipinski definition) is 3. The van der Waals surface area contributed by atoms with Crippen molar-refractivity contribution in [2.24, 2.45) is 0 Å². The lowest BCUT2D eigenvalue weighted by Gasteiger charge is -2.38. The van der Waals surface area contributed by atoms with Gasteiger partial charge in [0.05, 0.1) is 24.9 Å². The molecule has 0 saturated carbocycles. The van der Waals surface area contributed by atoms with E-state index in [1.165, 1.54) is 11.8 Å². The van der Waals surface area contributed by atoms with Crippen molar-refractivity contribution in [1.29, 1.82) is 0 Å². The smallest absolute Gasteiger partial charge is 0.328 e. The van der Waals surface area contributed by atoms with Crippen molar-refractivity contribution in [3.8, 4) is 0 Å². The first-order valence-corrected chi connectivity index (χ1v) is 5.83. The minimum atomic E-state index is -1.30. The van der Waals surface area contributed by atoms with Crippen LogP contribution in [0.2, 0.25) is 0 Å². The molecule has 1 heterocycles. The first-order chi connectivity index (χ1) is 8.23. The van der Waals surface area contributed by atoms with Crippen LogP contribution in [0, 0.1) is 0 Å². The predicted octanol–water partition coefficient (Wildman–Crippen LogP) is -0.359. The molecular formula is C11H20N2O5. The van der Waals surface area contributed by atoms with Gasteiger partial charge in [-0.05, 0) is 20.8 Å². The number of urea groups is 1. The number of aliphatic hydroxyl groups is 1. The summed E-state index contributed by atoms with van der Waals surface area (Å²) in [4.78, 5) is 24.2. The topological polar surface area (TPSA) is 99.1 Å². The lowest BCUT2D eigenvalue weighted by molar-refractivity contribution is -0.141. The van der Waals surface area contributed by atoms with Crippen molar-refractivity contribution in [2.45, 2.75) is 38.5 Å². The summed E-state index contributed by atoms with van der Waals surface area (Å²) in [5.74, 6) is -1.26. The Morgan fingerprint density at radius 3 is 2.50 bits per heavy atom. The minimum absolute atomic E-state index is 0.380. The molecule has 7 nitrogen and oxygen atoms in total. The summed E-state index contributed by atoms with van der Waals surface area (Å²) in [7, 11) is 0. The van der Waals surface area contributed by atoms with Crippen LogP contribution in [0.1, 0.15) is 20.8 Å². The van der Waals surface area contributed by atoms with Crippen molar-refractivity contribution < 1.29 is 24.5 Å². The van der Waals surface area contributed by atoms with Gasteiger partial charge < -0.3 is 25.2 Å². The van der Waals surface area contributed by atoms with E-state index in [9.17, 15) is 14.7 Å². The Morgan fingerprint density at radius 2 is 2.06 bits per heavy atom. The zero-order valence-corrected chi connectivity index (χ0v) is 10.8. The average Bonchev–Trinajstić information content (AvgIpc) is 2.23. The van der Waals surface area contributed by atoms with Gasteiger partial charge in [-0.3, -0.25) is 0 Å². The Morgan fingerprint density at radius 1 is 1.44 bits per heavy atom. The van der Waals surface area contributed by atoms with Gasteiger partial charge in [-0.15, -0.1) is 0 Å². The van der Waals surface area contributed by atoms with Gasteiger partial charge in [0.1, 0.15) is 0 Å². The molecule has 0 aromatic rings. The summed E-state index contributed by atoms with van der Waals surface area (Å²) in [5, 5.41) is 20.5. The molecule has 0 aliphatic carbocycles. The number of aliphatic hydroxyl groups excluding tert-OH is 1. The molecule has 0 bridgehead atoms.